The Labute approximate surface area is 142 Å². The van der Waals surface area contributed by atoms with E-state index in [4.69, 9.17) is 14.2 Å². The van der Waals surface area contributed by atoms with E-state index < -0.39 is 0 Å². The maximum absolute atomic E-state index is 9.78. The van der Waals surface area contributed by atoms with E-state index in [-0.39, 0.29) is 5.12 Å². The standard InChI is InChI=1S/C7H16O3.C4H10.C3H6OS.C2H6O/c1-8-4-3-5-10-7-6-9-2;1-3-4-2;1-3(4)5-2;1-3-2/h3-7H2,1-2H3;3-4H2,1-2H3;1-2H3;1-2H3. The smallest absolute Gasteiger partial charge is 0.185 e. The molecule has 138 valence electrons. The molecule has 0 spiro atoms. The molecular weight excluding hydrogens is 304 g/mol. The molecule has 0 fully saturated rings. The van der Waals surface area contributed by atoms with Gasteiger partial charge in [0.25, 0.3) is 0 Å². The predicted molar refractivity (Wildman–Crippen MR) is 96.9 cm³/mol. The molecule has 0 atom stereocenters. The third-order valence-corrected chi connectivity index (χ3v) is 2.43. The van der Waals surface area contributed by atoms with E-state index in [2.05, 4.69) is 18.6 Å². The normalized spacial score (nSPS) is 8.55. The highest BCUT2D eigenvalue weighted by Gasteiger charge is 1.86. The number of carbonyl (C=O) groups excluding carboxylic acids is 1. The molecule has 0 aromatic rings. The van der Waals surface area contributed by atoms with Gasteiger partial charge in [0, 0.05) is 48.6 Å². The fraction of sp³-hybridized carbons (Fsp3) is 0.938. The van der Waals surface area contributed by atoms with Crippen molar-refractivity contribution in [1.82, 2.24) is 0 Å². The molecule has 0 amide bonds. The van der Waals surface area contributed by atoms with Crippen molar-refractivity contribution in [3.63, 3.8) is 0 Å². The second-order valence-corrected chi connectivity index (χ2v) is 5.04. The largest absolute Gasteiger partial charge is 0.388 e. The molecule has 0 heterocycles. The number of unbranched alkanes of at least 4 members (excludes halogenated alkanes) is 1. The van der Waals surface area contributed by atoms with Crippen LogP contribution in [0, 0.1) is 0 Å². The van der Waals surface area contributed by atoms with E-state index >= 15 is 0 Å². The summed E-state index contributed by atoms with van der Waals surface area (Å²) < 4.78 is 19.1. The summed E-state index contributed by atoms with van der Waals surface area (Å²) >= 11 is 1.24. The van der Waals surface area contributed by atoms with Crippen LogP contribution in [0.15, 0.2) is 0 Å². The maximum atomic E-state index is 9.78. The van der Waals surface area contributed by atoms with Crippen LogP contribution in [-0.4, -0.2) is 66.2 Å². The van der Waals surface area contributed by atoms with Crippen LogP contribution in [0.4, 0.5) is 0 Å². The molecule has 0 N–H and O–H groups in total. The molecular formula is C16H38O5S. The molecule has 0 bridgehead atoms. The van der Waals surface area contributed by atoms with Crippen molar-refractivity contribution in [3.05, 3.63) is 0 Å². The van der Waals surface area contributed by atoms with Crippen LogP contribution >= 0.6 is 11.8 Å². The molecule has 0 aliphatic carbocycles. The Morgan fingerprint density at radius 1 is 0.864 bits per heavy atom. The van der Waals surface area contributed by atoms with E-state index in [1.165, 1.54) is 24.6 Å². The Morgan fingerprint density at radius 2 is 1.27 bits per heavy atom. The summed E-state index contributed by atoms with van der Waals surface area (Å²) in [5.74, 6) is 0. The molecule has 0 aliphatic rings. The molecule has 0 saturated carbocycles. The van der Waals surface area contributed by atoms with Gasteiger partial charge in [0.2, 0.25) is 0 Å². The Morgan fingerprint density at radius 3 is 1.55 bits per heavy atom. The van der Waals surface area contributed by atoms with Gasteiger partial charge in [0.1, 0.15) is 0 Å². The van der Waals surface area contributed by atoms with Crippen LogP contribution in [-0.2, 0) is 23.7 Å². The van der Waals surface area contributed by atoms with Gasteiger partial charge in [-0.2, -0.15) is 0 Å². The van der Waals surface area contributed by atoms with Crippen molar-refractivity contribution >= 4 is 16.9 Å². The number of hydrogen-bond donors (Lipinski definition) is 0. The number of rotatable bonds is 8. The molecule has 0 saturated heterocycles. The first kappa shape index (κ1) is 29.8. The van der Waals surface area contributed by atoms with Gasteiger partial charge in [-0.05, 0) is 12.7 Å². The minimum Gasteiger partial charge on any atom is -0.388 e. The van der Waals surface area contributed by atoms with E-state index in [0.29, 0.717) is 13.2 Å². The van der Waals surface area contributed by atoms with Gasteiger partial charge in [-0.3, -0.25) is 4.79 Å². The number of thioether (sulfide) groups is 1. The van der Waals surface area contributed by atoms with Crippen LogP contribution in [0.25, 0.3) is 0 Å². The molecule has 6 heteroatoms. The van der Waals surface area contributed by atoms with Crippen LogP contribution in [0.1, 0.15) is 40.0 Å². The fourth-order valence-electron chi connectivity index (χ4n) is 0.550. The lowest BCUT2D eigenvalue weighted by Crippen LogP contribution is -2.04. The lowest BCUT2D eigenvalue weighted by Gasteiger charge is -2.01. The summed E-state index contributed by atoms with van der Waals surface area (Å²) in [6.45, 7) is 8.79. The van der Waals surface area contributed by atoms with E-state index in [0.717, 1.165) is 19.6 Å². The van der Waals surface area contributed by atoms with Crippen LogP contribution in [0.2, 0.25) is 0 Å². The number of ether oxygens (including phenoxy) is 4. The van der Waals surface area contributed by atoms with Crippen molar-refractivity contribution in [1.29, 1.82) is 0 Å². The number of hydrogen-bond acceptors (Lipinski definition) is 6. The zero-order valence-electron chi connectivity index (χ0n) is 15.9. The average molecular weight is 343 g/mol. The van der Waals surface area contributed by atoms with Gasteiger partial charge < -0.3 is 18.9 Å². The Bertz CT molecular complexity index is 159. The molecule has 0 radical (unpaired) electrons. The summed E-state index contributed by atoms with van der Waals surface area (Å²) in [6, 6.07) is 0. The van der Waals surface area contributed by atoms with Crippen molar-refractivity contribution in [2.75, 3.05) is 61.1 Å². The molecule has 0 aliphatic heterocycles. The highest BCUT2D eigenvalue weighted by molar-refractivity contribution is 8.12. The first-order valence-electron chi connectivity index (χ1n) is 7.52. The van der Waals surface area contributed by atoms with Crippen LogP contribution in [0.3, 0.4) is 0 Å². The third-order valence-electron chi connectivity index (χ3n) is 1.86. The quantitative estimate of drug-likeness (QED) is 0.628. The second kappa shape index (κ2) is 37.3. The van der Waals surface area contributed by atoms with E-state index in [1.807, 2.05) is 0 Å². The highest BCUT2D eigenvalue weighted by Crippen LogP contribution is 1.88. The molecule has 0 aromatic carbocycles. The van der Waals surface area contributed by atoms with Gasteiger partial charge in [-0.1, -0.05) is 38.5 Å². The molecule has 22 heavy (non-hydrogen) atoms. The Balaban J connectivity index is -0.000000113. The summed E-state index contributed by atoms with van der Waals surface area (Å²) in [5.41, 5.74) is 0. The van der Waals surface area contributed by atoms with Crippen LogP contribution in [0.5, 0.6) is 0 Å². The van der Waals surface area contributed by atoms with Gasteiger partial charge in [0.15, 0.2) is 5.12 Å². The topological polar surface area (TPSA) is 54.0 Å². The zero-order chi connectivity index (χ0) is 18.1. The van der Waals surface area contributed by atoms with Crippen molar-refractivity contribution in [2.45, 2.75) is 40.0 Å². The summed E-state index contributed by atoms with van der Waals surface area (Å²) in [7, 11) is 6.60. The van der Waals surface area contributed by atoms with E-state index in [1.54, 1.807) is 41.6 Å². The lowest BCUT2D eigenvalue weighted by atomic mass is 10.4. The van der Waals surface area contributed by atoms with Gasteiger partial charge in [-0.15, -0.1) is 0 Å². The highest BCUT2D eigenvalue weighted by atomic mass is 32.2. The molecule has 5 nitrogen and oxygen atoms in total. The van der Waals surface area contributed by atoms with Crippen molar-refractivity contribution in [2.24, 2.45) is 0 Å². The third kappa shape index (κ3) is 72.7. The monoisotopic (exact) mass is 342 g/mol. The second-order valence-electron chi connectivity index (χ2n) is 4.06. The van der Waals surface area contributed by atoms with Crippen LogP contribution < -0.4 is 0 Å². The minimum absolute atomic E-state index is 0.171. The fourth-order valence-corrected chi connectivity index (χ4v) is 0.550. The predicted octanol–water partition coefficient (Wildman–Crippen LogP) is 3.65. The molecule has 0 aromatic heterocycles. The SMILES string of the molecule is CCCC.COC.COCCCOCCOC.CSC(C)=O. The maximum Gasteiger partial charge on any atom is 0.185 e. The van der Waals surface area contributed by atoms with Gasteiger partial charge >= 0.3 is 0 Å². The number of methoxy groups -OCH3 is 3. The zero-order valence-corrected chi connectivity index (χ0v) is 16.7. The summed E-state index contributed by atoms with van der Waals surface area (Å²) in [4.78, 5) is 9.78. The average Bonchev–Trinajstić information content (AvgIpc) is 2.52. The number of carbonyl (C=O) groups is 1. The lowest BCUT2D eigenvalue weighted by molar-refractivity contribution is -0.109. The first-order chi connectivity index (χ1) is 10.5. The summed E-state index contributed by atoms with van der Waals surface area (Å²) in [6.07, 6.45) is 5.36. The van der Waals surface area contributed by atoms with Gasteiger partial charge in [0.05, 0.1) is 13.2 Å². The molecule has 0 rings (SSSR count). The summed E-state index contributed by atoms with van der Waals surface area (Å²) in [5, 5.41) is 0.171. The Hall–Kier alpha value is -0.140. The minimum atomic E-state index is 0.171. The Kier molecular flexibility index (Phi) is 50.5. The van der Waals surface area contributed by atoms with Crippen molar-refractivity contribution in [3.8, 4) is 0 Å². The van der Waals surface area contributed by atoms with E-state index in [9.17, 15) is 4.79 Å². The van der Waals surface area contributed by atoms with Gasteiger partial charge in [-0.25, -0.2) is 0 Å². The molecule has 0 unspecified atom stereocenters. The first-order valence-corrected chi connectivity index (χ1v) is 8.74. The van der Waals surface area contributed by atoms with Crippen molar-refractivity contribution < 1.29 is 23.7 Å².